The number of fused-ring (bicyclic) bond motifs is 1. The van der Waals surface area contributed by atoms with Crippen LogP contribution in [0.2, 0.25) is 0 Å². The summed E-state index contributed by atoms with van der Waals surface area (Å²) in [7, 11) is 1.80. The Balaban J connectivity index is 1.73. The van der Waals surface area contributed by atoms with Gasteiger partial charge < -0.3 is 15.4 Å². The predicted octanol–water partition coefficient (Wildman–Crippen LogP) is 3.10. The third-order valence-corrected chi connectivity index (χ3v) is 4.58. The van der Waals surface area contributed by atoms with Crippen LogP contribution < -0.4 is 15.4 Å². The molecule has 0 saturated heterocycles. The summed E-state index contributed by atoms with van der Waals surface area (Å²) in [6, 6.07) is 5.67. The molecule has 1 saturated carbocycles. The maximum Gasteiger partial charge on any atom is 0.246 e. The summed E-state index contributed by atoms with van der Waals surface area (Å²) in [6.07, 6.45) is 3.82. The highest BCUT2D eigenvalue weighted by atomic mass is 16.5. The van der Waals surface area contributed by atoms with E-state index in [1.807, 2.05) is 18.2 Å². The molecule has 0 bridgehead atoms. The molecule has 4 heteroatoms. The first-order valence-electron chi connectivity index (χ1n) is 7.85. The Morgan fingerprint density at radius 1 is 1.19 bits per heavy atom. The number of amides is 1. The van der Waals surface area contributed by atoms with Gasteiger partial charge in [-0.15, -0.1) is 0 Å². The fourth-order valence-corrected chi connectivity index (χ4v) is 3.76. The summed E-state index contributed by atoms with van der Waals surface area (Å²) in [5, 5.41) is 5.94. The van der Waals surface area contributed by atoms with Gasteiger partial charge in [0, 0.05) is 17.3 Å². The summed E-state index contributed by atoms with van der Waals surface area (Å²) in [4.78, 5) is 11.8. The molecule has 1 amide bonds. The van der Waals surface area contributed by atoms with Crippen molar-refractivity contribution in [2.24, 2.45) is 11.8 Å². The van der Waals surface area contributed by atoms with Crippen molar-refractivity contribution in [1.29, 1.82) is 0 Å². The average molecular weight is 288 g/mol. The second kappa shape index (κ2) is 5.68. The van der Waals surface area contributed by atoms with Crippen LogP contribution >= 0.6 is 0 Å². The minimum atomic E-state index is -0.247. The summed E-state index contributed by atoms with van der Waals surface area (Å²) in [5.41, 5.74) is 1.87. The van der Waals surface area contributed by atoms with Gasteiger partial charge in [0.25, 0.3) is 0 Å². The molecule has 1 aromatic rings. The first-order chi connectivity index (χ1) is 10.1. The molecule has 1 aromatic carbocycles. The summed E-state index contributed by atoms with van der Waals surface area (Å²) in [6.45, 7) is 4.60. The fourth-order valence-electron chi connectivity index (χ4n) is 3.76. The van der Waals surface area contributed by atoms with Gasteiger partial charge in [-0.05, 0) is 44.2 Å². The number of carbonyl (C=O) groups is 1. The van der Waals surface area contributed by atoms with Crippen molar-refractivity contribution in [2.75, 3.05) is 12.4 Å². The lowest BCUT2D eigenvalue weighted by Crippen LogP contribution is -2.28. The number of ether oxygens (including phenoxy) is 1. The van der Waals surface area contributed by atoms with Gasteiger partial charge in [-0.25, -0.2) is 0 Å². The van der Waals surface area contributed by atoms with Crippen LogP contribution in [0.15, 0.2) is 18.2 Å². The van der Waals surface area contributed by atoms with Gasteiger partial charge in [0.1, 0.15) is 11.8 Å². The van der Waals surface area contributed by atoms with Crippen LogP contribution in [-0.4, -0.2) is 19.1 Å². The van der Waals surface area contributed by atoms with Crippen LogP contribution in [0.1, 0.15) is 44.7 Å². The summed E-state index contributed by atoms with van der Waals surface area (Å²) in [5.74, 6) is 2.31. The number of hydrogen-bond acceptors (Lipinski definition) is 3. The number of likely N-dealkylation sites (N-methyl/N-ethyl adjacent to an activating group) is 1. The highest BCUT2D eigenvalue weighted by Crippen LogP contribution is 2.36. The Kier molecular flexibility index (Phi) is 3.89. The molecule has 0 aromatic heterocycles. The molecule has 1 aliphatic carbocycles. The lowest BCUT2D eigenvalue weighted by molar-refractivity contribution is -0.117. The van der Waals surface area contributed by atoms with Crippen LogP contribution in [0.4, 0.5) is 5.69 Å². The normalized spacial score (nSPS) is 31.7. The highest BCUT2D eigenvalue weighted by molar-refractivity contribution is 6.02. The molecule has 1 heterocycles. The molecule has 3 rings (SSSR count). The van der Waals surface area contributed by atoms with Gasteiger partial charge in [0.15, 0.2) is 0 Å². The van der Waals surface area contributed by atoms with Gasteiger partial charge in [-0.2, -0.15) is 0 Å². The van der Waals surface area contributed by atoms with Gasteiger partial charge in [-0.1, -0.05) is 19.9 Å². The van der Waals surface area contributed by atoms with E-state index in [9.17, 15) is 4.79 Å². The van der Waals surface area contributed by atoms with E-state index in [0.29, 0.717) is 6.10 Å². The molecule has 2 N–H and O–H groups in total. The molecule has 0 spiro atoms. The zero-order valence-corrected chi connectivity index (χ0v) is 13.0. The van der Waals surface area contributed by atoms with Crippen LogP contribution in [0.5, 0.6) is 5.75 Å². The van der Waals surface area contributed by atoms with Crippen LogP contribution in [0.3, 0.4) is 0 Å². The van der Waals surface area contributed by atoms with Gasteiger partial charge in [0.05, 0.1) is 6.10 Å². The number of nitrogens with one attached hydrogen (secondary N) is 2. The summed E-state index contributed by atoms with van der Waals surface area (Å²) >= 11 is 0. The number of carbonyl (C=O) groups excluding carboxylic acids is 1. The molecule has 1 aliphatic heterocycles. The number of hydrogen-bond donors (Lipinski definition) is 2. The van der Waals surface area contributed by atoms with Crippen LogP contribution in [0.25, 0.3) is 0 Å². The van der Waals surface area contributed by atoms with Gasteiger partial charge in [-0.3, -0.25) is 4.79 Å². The molecule has 21 heavy (non-hydrogen) atoms. The topological polar surface area (TPSA) is 50.4 Å². The van der Waals surface area contributed by atoms with E-state index in [-0.39, 0.29) is 11.9 Å². The predicted molar refractivity (Wildman–Crippen MR) is 83.5 cm³/mol. The molecule has 3 atom stereocenters. The molecule has 3 unspecified atom stereocenters. The van der Waals surface area contributed by atoms with Crippen LogP contribution in [-0.2, 0) is 4.79 Å². The Bertz CT molecular complexity index is 534. The Morgan fingerprint density at radius 3 is 2.57 bits per heavy atom. The molecular formula is C17H24N2O2. The second-order valence-electron chi connectivity index (χ2n) is 6.62. The smallest absolute Gasteiger partial charge is 0.246 e. The SMILES string of the molecule is CNC1C(=O)Nc2cc(OC3CC(C)CC(C)C3)ccc21. The van der Waals surface area contributed by atoms with Crippen molar-refractivity contribution in [3.8, 4) is 5.75 Å². The minimum absolute atomic E-state index is 0.00422. The third kappa shape index (κ3) is 2.91. The number of anilines is 1. The number of benzene rings is 1. The largest absolute Gasteiger partial charge is 0.490 e. The lowest BCUT2D eigenvalue weighted by Gasteiger charge is -2.31. The minimum Gasteiger partial charge on any atom is -0.490 e. The molecule has 114 valence electrons. The Hall–Kier alpha value is -1.55. The monoisotopic (exact) mass is 288 g/mol. The Morgan fingerprint density at radius 2 is 1.90 bits per heavy atom. The average Bonchev–Trinajstić information content (AvgIpc) is 2.71. The Labute approximate surface area is 126 Å². The van der Waals surface area contributed by atoms with E-state index < -0.39 is 0 Å². The fraction of sp³-hybridized carbons (Fsp3) is 0.588. The summed E-state index contributed by atoms with van der Waals surface area (Å²) < 4.78 is 6.15. The van der Waals surface area contributed by atoms with E-state index in [1.54, 1.807) is 7.05 Å². The van der Waals surface area contributed by atoms with Crippen molar-refractivity contribution in [3.63, 3.8) is 0 Å². The van der Waals surface area contributed by atoms with Crippen molar-refractivity contribution in [2.45, 2.75) is 45.3 Å². The van der Waals surface area contributed by atoms with Crippen molar-refractivity contribution in [3.05, 3.63) is 23.8 Å². The standard InChI is InChI=1S/C17H24N2O2/c1-10-6-11(2)8-13(7-10)21-12-4-5-14-15(9-12)19-17(20)16(14)18-3/h4-5,9-11,13,16,18H,6-8H2,1-3H3,(H,19,20). The maximum atomic E-state index is 11.8. The quantitative estimate of drug-likeness (QED) is 0.898. The van der Waals surface area contributed by atoms with E-state index in [0.717, 1.165) is 41.7 Å². The van der Waals surface area contributed by atoms with Gasteiger partial charge in [0.2, 0.25) is 5.91 Å². The van der Waals surface area contributed by atoms with Crippen molar-refractivity contribution in [1.82, 2.24) is 5.32 Å². The van der Waals surface area contributed by atoms with Crippen molar-refractivity contribution >= 4 is 11.6 Å². The van der Waals surface area contributed by atoms with Crippen LogP contribution in [0, 0.1) is 11.8 Å². The lowest BCUT2D eigenvalue weighted by atomic mass is 9.82. The van der Waals surface area contributed by atoms with Gasteiger partial charge >= 0.3 is 0 Å². The van der Waals surface area contributed by atoms with E-state index in [1.165, 1.54) is 6.42 Å². The zero-order valence-electron chi connectivity index (χ0n) is 13.0. The molecule has 0 radical (unpaired) electrons. The van der Waals surface area contributed by atoms with E-state index >= 15 is 0 Å². The maximum absolute atomic E-state index is 11.8. The second-order valence-corrected chi connectivity index (χ2v) is 6.62. The molecular weight excluding hydrogens is 264 g/mol. The molecule has 2 aliphatic rings. The first-order valence-corrected chi connectivity index (χ1v) is 7.85. The molecule has 4 nitrogen and oxygen atoms in total. The third-order valence-electron chi connectivity index (χ3n) is 4.58. The zero-order chi connectivity index (χ0) is 15.0. The number of rotatable bonds is 3. The van der Waals surface area contributed by atoms with E-state index in [4.69, 9.17) is 4.74 Å². The molecule has 1 fully saturated rings. The highest BCUT2D eigenvalue weighted by Gasteiger charge is 2.30. The van der Waals surface area contributed by atoms with E-state index in [2.05, 4.69) is 24.5 Å². The van der Waals surface area contributed by atoms with Crippen molar-refractivity contribution < 1.29 is 9.53 Å². The first kappa shape index (κ1) is 14.4.